The summed E-state index contributed by atoms with van der Waals surface area (Å²) in [6.45, 7) is 0.481. The van der Waals surface area contributed by atoms with Crippen LogP contribution >= 0.6 is 12.6 Å². The highest BCUT2D eigenvalue weighted by Gasteiger charge is 2.13. The SMILES string of the molecule is CN(CCS)C(=O)NC(=O)c1ccc(-c2ccccc2)cc1. The van der Waals surface area contributed by atoms with E-state index >= 15 is 0 Å². The van der Waals surface area contributed by atoms with Gasteiger partial charge in [-0.25, -0.2) is 4.79 Å². The fourth-order valence-corrected chi connectivity index (χ4v) is 2.26. The Morgan fingerprint density at radius 1 is 1.00 bits per heavy atom. The molecule has 3 amide bonds. The van der Waals surface area contributed by atoms with Crippen LogP contribution in [0.15, 0.2) is 54.6 Å². The van der Waals surface area contributed by atoms with Gasteiger partial charge in [0, 0.05) is 24.9 Å². The van der Waals surface area contributed by atoms with E-state index in [9.17, 15) is 9.59 Å². The van der Waals surface area contributed by atoms with Gasteiger partial charge in [0.25, 0.3) is 5.91 Å². The number of hydrogen-bond donors (Lipinski definition) is 2. The summed E-state index contributed by atoms with van der Waals surface area (Å²) in [5.41, 5.74) is 2.56. The number of rotatable bonds is 4. The monoisotopic (exact) mass is 314 g/mol. The molecule has 0 saturated carbocycles. The molecule has 0 unspecified atom stereocenters. The minimum atomic E-state index is -0.425. The number of hydrogen-bond acceptors (Lipinski definition) is 3. The number of carbonyl (C=O) groups excluding carboxylic acids is 2. The number of nitrogens with zero attached hydrogens (tertiary/aromatic N) is 1. The molecule has 1 N–H and O–H groups in total. The van der Waals surface area contributed by atoms with E-state index in [2.05, 4.69) is 17.9 Å². The van der Waals surface area contributed by atoms with Crippen molar-refractivity contribution in [2.45, 2.75) is 0 Å². The third-order valence-corrected chi connectivity index (χ3v) is 3.46. The number of urea groups is 1. The van der Waals surface area contributed by atoms with Gasteiger partial charge in [-0.05, 0) is 23.3 Å². The number of carbonyl (C=O) groups is 2. The molecule has 0 aliphatic carbocycles. The van der Waals surface area contributed by atoms with Crippen LogP contribution in [-0.2, 0) is 0 Å². The summed E-state index contributed by atoms with van der Waals surface area (Å²) in [6, 6.07) is 16.6. The van der Waals surface area contributed by atoms with Crippen molar-refractivity contribution in [2.75, 3.05) is 19.3 Å². The molecule has 4 nitrogen and oxygen atoms in total. The summed E-state index contributed by atoms with van der Waals surface area (Å²) in [5.74, 6) is 0.139. The van der Waals surface area contributed by atoms with Crippen molar-refractivity contribution in [3.05, 3.63) is 60.2 Å². The second-order valence-electron chi connectivity index (χ2n) is 4.85. The van der Waals surface area contributed by atoms with Gasteiger partial charge in [0.05, 0.1) is 0 Å². The Kier molecular flexibility index (Phi) is 5.61. The molecule has 0 aliphatic heterocycles. The van der Waals surface area contributed by atoms with Gasteiger partial charge in [-0.15, -0.1) is 0 Å². The zero-order valence-electron chi connectivity index (χ0n) is 12.3. The van der Waals surface area contributed by atoms with Crippen LogP contribution in [0.3, 0.4) is 0 Å². The molecule has 0 spiro atoms. The van der Waals surface area contributed by atoms with Crippen LogP contribution in [0, 0.1) is 0 Å². The maximum absolute atomic E-state index is 12.0. The maximum Gasteiger partial charge on any atom is 0.324 e. The summed E-state index contributed by atoms with van der Waals surface area (Å²) in [6.07, 6.45) is 0. The summed E-state index contributed by atoms with van der Waals surface area (Å²) in [4.78, 5) is 25.2. The van der Waals surface area contributed by atoms with Crippen molar-refractivity contribution in [1.29, 1.82) is 0 Å². The Bertz CT molecular complexity index is 641. The predicted molar refractivity (Wildman–Crippen MR) is 91.2 cm³/mol. The molecule has 0 bridgehead atoms. The van der Waals surface area contributed by atoms with Crippen molar-refractivity contribution < 1.29 is 9.59 Å². The molecule has 0 atom stereocenters. The van der Waals surface area contributed by atoms with Crippen LogP contribution in [0.2, 0.25) is 0 Å². The van der Waals surface area contributed by atoms with Crippen LogP contribution in [-0.4, -0.2) is 36.2 Å². The van der Waals surface area contributed by atoms with Gasteiger partial charge >= 0.3 is 6.03 Å². The molecular weight excluding hydrogens is 296 g/mol. The molecule has 0 heterocycles. The Labute approximate surface area is 135 Å². The normalized spacial score (nSPS) is 10.1. The lowest BCUT2D eigenvalue weighted by atomic mass is 10.0. The van der Waals surface area contributed by atoms with Gasteiger partial charge in [-0.1, -0.05) is 42.5 Å². The van der Waals surface area contributed by atoms with Crippen molar-refractivity contribution >= 4 is 24.6 Å². The molecule has 2 rings (SSSR count). The second-order valence-corrected chi connectivity index (χ2v) is 5.30. The summed E-state index contributed by atoms with van der Waals surface area (Å²) < 4.78 is 0. The molecule has 0 fully saturated rings. The quantitative estimate of drug-likeness (QED) is 0.852. The number of amides is 3. The Morgan fingerprint density at radius 2 is 1.59 bits per heavy atom. The Morgan fingerprint density at radius 3 is 2.18 bits per heavy atom. The van der Waals surface area contributed by atoms with Crippen LogP contribution in [0.1, 0.15) is 10.4 Å². The van der Waals surface area contributed by atoms with E-state index in [0.717, 1.165) is 11.1 Å². The van der Waals surface area contributed by atoms with E-state index < -0.39 is 11.9 Å². The Hall–Kier alpha value is -2.27. The zero-order valence-corrected chi connectivity index (χ0v) is 13.2. The molecular formula is C17H18N2O2S. The van der Waals surface area contributed by atoms with Crippen molar-refractivity contribution in [2.24, 2.45) is 0 Å². The average molecular weight is 314 g/mol. The van der Waals surface area contributed by atoms with Crippen molar-refractivity contribution in [1.82, 2.24) is 10.2 Å². The fourth-order valence-electron chi connectivity index (χ4n) is 1.96. The lowest BCUT2D eigenvalue weighted by molar-refractivity contribution is 0.0955. The van der Waals surface area contributed by atoms with Crippen LogP contribution < -0.4 is 5.32 Å². The number of nitrogens with one attached hydrogen (secondary N) is 1. The van der Waals surface area contributed by atoms with Crippen LogP contribution in [0.4, 0.5) is 4.79 Å². The molecule has 22 heavy (non-hydrogen) atoms. The summed E-state index contributed by atoms with van der Waals surface area (Å²) >= 11 is 4.05. The molecule has 114 valence electrons. The lowest BCUT2D eigenvalue weighted by Crippen LogP contribution is -2.41. The van der Waals surface area contributed by atoms with Crippen LogP contribution in [0.5, 0.6) is 0 Å². The van der Waals surface area contributed by atoms with Gasteiger partial charge in [-0.2, -0.15) is 12.6 Å². The standard InChI is InChI=1S/C17H18N2O2S/c1-19(11-12-22)17(21)18-16(20)15-9-7-14(8-10-15)13-5-3-2-4-6-13/h2-10,22H,11-12H2,1H3,(H,18,20,21). The highest BCUT2D eigenvalue weighted by atomic mass is 32.1. The van der Waals surface area contributed by atoms with Gasteiger partial charge in [0.2, 0.25) is 0 Å². The topological polar surface area (TPSA) is 49.4 Å². The third-order valence-electron chi connectivity index (χ3n) is 3.26. The molecule has 2 aromatic rings. The average Bonchev–Trinajstić information content (AvgIpc) is 2.56. The number of imide groups is 1. The molecule has 0 aromatic heterocycles. The molecule has 0 radical (unpaired) electrons. The smallest absolute Gasteiger partial charge is 0.324 e. The van der Waals surface area contributed by atoms with Gasteiger partial charge in [0.15, 0.2) is 0 Å². The Balaban J connectivity index is 2.04. The van der Waals surface area contributed by atoms with E-state index in [0.29, 0.717) is 17.9 Å². The molecule has 0 saturated heterocycles. The minimum absolute atomic E-state index is 0.407. The summed E-state index contributed by atoms with van der Waals surface area (Å²) in [7, 11) is 1.62. The molecule has 5 heteroatoms. The van der Waals surface area contributed by atoms with E-state index in [4.69, 9.17) is 0 Å². The van der Waals surface area contributed by atoms with E-state index in [-0.39, 0.29) is 0 Å². The molecule has 0 aliphatic rings. The van der Waals surface area contributed by atoms with Gasteiger partial charge < -0.3 is 4.90 Å². The summed E-state index contributed by atoms with van der Waals surface area (Å²) in [5, 5.41) is 2.35. The highest BCUT2D eigenvalue weighted by molar-refractivity contribution is 7.80. The van der Waals surface area contributed by atoms with E-state index in [1.807, 2.05) is 42.5 Å². The number of benzene rings is 2. The van der Waals surface area contributed by atoms with Crippen molar-refractivity contribution in [3.8, 4) is 11.1 Å². The number of thiol groups is 1. The third kappa shape index (κ3) is 4.11. The second kappa shape index (κ2) is 7.66. The predicted octanol–water partition coefficient (Wildman–Crippen LogP) is 3.07. The van der Waals surface area contributed by atoms with Crippen molar-refractivity contribution in [3.63, 3.8) is 0 Å². The van der Waals surface area contributed by atoms with Crippen LogP contribution in [0.25, 0.3) is 11.1 Å². The van der Waals surface area contributed by atoms with Gasteiger partial charge in [-0.3, -0.25) is 10.1 Å². The fraction of sp³-hybridized carbons (Fsp3) is 0.176. The zero-order chi connectivity index (χ0) is 15.9. The largest absolute Gasteiger partial charge is 0.327 e. The lowest BCUT2D eigenvalue weighted by Gasteiger charge is -2.15. The minimum Gasteiger partial charge on any atom is -0.327 e. The maximum atomic E-state index is 12.0. The molecule has 2 aromatic carbocycles. The first kappa shape index (κ1) is 16.1. The highest BCUT2D eigenvalue weighted by Crippen LogP contribution is 2.19. The first-order chi connectivity index (χ1) is 10.6. The van der Waals surface area contributed by atoms with E-state index in [1.54, 1.807) is 19.2 Å². The van der Waals surface area contributed by atoms with Gasteiger partial charge in [0.1, 0.15) is 0 Å². The first-order valence-corrected chi connectivity index (χ1v) is 7.58. The van der Waals surface area contributed by atoms with E-state index in [1.165, 1.54) is 4.90 Å². The first-order valence-electron chi connectivity index (χ1n) is 6.94.